The Labute approximate surface area is 96.1 Å². The van der Waals surface area contributed by atoms with Crippen molar-refractivity contribution in [3.63, 3.8) is 0 Å². The van der Waals surface area contributed by atoms with E-state index >= 15 is 0 Å². The lowest BCUT2D eigenvalue weighted by molar-refractivity contribution is 0.0695. The highest BCUT2D eigenvalue weighted by molar-refractivity contribution is 5.86. The van der Waals surface area contributed by atoms with Gasteiger partial charge in [-0.3, -0.25) is 9.89 Å². The summed E-state index contributed by atoms with van der Waals surface area (Å²) in [7, 11) is 1.51. The number of nitrogens with one attached hydrogen (secondary N) is 1. The van der Waals surface area contributed by atoms with Crippen LogP contribution in [-0.2, 0) is 0 Å². The summed E-state index contributed by atoms with van der Waals surface area (Å²) < 4.78 is 6.17. The Kier molecular flexibility index (Phi) is 2.70. The summed E-state index contributed by atoms with van der Waals surface area (Å²) in [6.07, 6.45) is 1.16. The number of H-pyrrole nitrogens is 1. The molecule has 6 heteroatoms. The molecule has 0 aliphatic rings. The molecule has 0 aliphatic heterocycles. The number of carboxylic acid groups (broad SMARTS) is 1. The van der Waals surface area contributed by atoms with E-state index in [0.29, 0.717) is 11.4 Å². The zero-order chi connectivity index (χ0) is 12.4. The van der Waals surface area contributed by atoms with E-state index in [4.69, 9.17) is 9.84 Å². The Bertz CT molecular complexity index is 612. The molecule has 0 aliphatic carbocycles. The van der Waals surface area contributed by atoms with Crippen LogP contribution in [0.1, 0.15) is 10.4 Å². The van der Waals surface area contributed by atoms with Crippen LogP contribution in [-0.4, -0.2) is 28.0 Å². The molecule has 0 unspecified atom stereocenters. The molecule has 17 heavy (non-hydrogen) atoms. The second kappa shape index (κ2) is 4.17. The van der Waals surface area contributed by atoms with Crippen molar-refractivity contribution >= 4 is 5.97 Å². The quantitative estimate of drug-likeness (QED) is 0.825. The Hall–Kier alpha value is -2.50. The van der Waals surface area contributed by atoms with Crippen LogP contribution in [0.25, 0.3) is 5.69 Å². The predicted molar refractivity (Wildman–Crippen MR) is 59.9 cm³/mol. The topological polar surface area (TPSA) is 84.3 Å². The number of aromatic nitrogens is 2. The van der Waals surface area contributed by atoms with Crippen molar-refractivity contribution in [2.75, 3.05) is 7.11 Å². The number of rotatable bonds is 3. The van der Waals surface area contributed by atoms with Crippen LogP contribution in [0.4, 0.5) is 0 Å². The molecule has 0 fully saturated rings. The summed E-state index contributed by atoms with van der Waals surface area (Å²) in [6.45, 7) is 0. The third-order valence-corrected chi connectivity index (χ3v) is 2.31. The molecule has 0 bridgehead atoms. The van der Waals surface area contributed by atoms with Gasteiger partial charge in [-0.1, -0.05) is 6.07 Å². The van der Waals surface area contributed by atoms with Crippen LogP contribution in [0.2, 0.25) is 0 Å². The molecule has 88 valence electrons. The summed E-state index contributed by atoms with van der Waals surface area (Å²) in [5.74, 6) is -0.672. The van der Waals surface area contributed by atoms with Gasteiger partial charge in [0.2, 0.25) is 0 Å². The summed E-state index contributed by atoms with van der Waals surface area (Å²) in [6, 6.07) is 6.74. The number of aromatic amines is 1. The average molecular weight is 234 g/mol. The molecule has 1 aromatic heterocycles. The van der Waals surface area contributed by atoms with Gasteiger partial charge in [0.1, 0.15) is 11.3 Å². The first-order chi connectivity index (χ1) is 8.13. The SMILES string of the molecule is COc1cccc(-n2[nH]cc(C(=O)O)c2=O)c1. The smallest absolute Gasteiger partial charge is 0.342 e. The molecule has 0 amide bonds. The van der Waals surface area contributed by atoms with Gasteiger partial charge in [0.05, 0.1) is 12.8 Å². The molecule has 2 aromatic rings. The van der Waals surface area contributed by atoms with Crippen LogP contribution in [0.15, 0.2) is 35.3 Å². The molecule has 0 saturated heterocycles. The van der Waals surface area contributed by atoms with Gasteiger partial charge in [-0.05, 0) is 12.1 Å². The van der Waals surface area contributed by atoms with Crippen LogP contribution >= 0.6 is 0 Å². The first-order valence-corrected chi connectivity index (χ1v) is 4.81. The summed E-state index contributed by atoms with van der Waals surface area (Å²) in [4.78, 5) is 22.5. The van der Waals surface area contributed by atoms with Gasteiger partial charge in [0, 0.05) is 12.3 Å². The van der Waals surface area contributed by atoms with Gasteiger partial charge in [-0.25, -0.2) is 9.48 Å². The van der Waals surface area contributed by atoms with Gasteiger partial charge in [-0.2, -0.15) is 0 Å². The number of nitrogens with zero attached hydrogens (tertiary/aromatic N) is 1. The first kappa shape index (κ1) is 11.0. The van der Waals surface area contributed by atoms with E-state index in [1.165, 1.54) is 7.11 Å². The number of carbonyl (C=O) groups is 1. The molecule has 0 spiro atoms. The lowest BCUT2D eigenvalue weighted by atomic mass is 10.3. The minimum Gasteiger partial charge on any atom is -0.497 e. The van der Waals surface area contributed by atoms with Gasteiger partial charge in [0.15, 0.2) is 0 Å². The third-order valence-electron chi connectivity index (χ3n) is 2.31. The number of ether oxygens (including phenoxy) is 1. The van der Waals surface area contributed by atoms with Crippen molar-refractivity contribution in [2.45, 2.75) is 0 Å². The molecule has 0 radical (unpaired) electrons. The largest absolute Gasteiger partial charge is 0.497 e. The van der Waals surface area contributed by atoms with Crippen molar-refractivity contribution in [3.8, 4) is 11.4 Å². The highest BCUT2D eigenvalue weighted by Crippen LogP contribution is 2.14. The van der Waals surface area contributed by atoms with Gasteiger partial charge < -0.3 is 9.84 Å². The third kappa shape index (κ3) is 1.92. The molecule has 1 heterocycles. The van der Waals surface area contributed by atoms with E-state index in [2.05, 4.69) is 5.10 Å². The molecule has 2 rings (SSSR count). The van der Waals surface area contributed by atoms with Gasteiger partial charge in [0.25, 0.3) is 5.56 Å². The summed E-state index contributed by atoms with van der Waals surface area (Å²) in [5.41, 5.74) is -0.388. The van der Waals surface area contributed by atoms with Crippen molar-refractivity contribution in [1.82, 2.24) is 9.78 Å². The molecule has 0 saturated carbocycles. The van der Waals surface area contributed by atoms with Crippen LogP contribution < -0.4 is 10.3 Å². The van der Waals surface area contributed by atoms with Crippen LogP contribution in [0.5, 0.6) is 5.75 Å². The number of carboxylic acids is 1. The van der Waals surface area contributed by atoms with E-state index in [0.717, 1.165) is 10.9 Å². The van der Waals surface area contributed by atoms with Crippen molar-refractivity contribution in [2.24, 2.45) is 0 Å². The number of aromatic carboxylic acids is 1. The predicted octanol–water partition coefficient (Wildman–Crippen LogP) is 0.872. The van der Waals surface area contributed by atoms with E-state index in [-0.39, 0.29) is 5.56 Å². The number of hydrogen-bond donors (Lipinski definition) is 2. The maximum atomic E-state index is 11.7. The maximum Gasteiger partial charge on any atom is 0.342 e. The van der Waals surface area contributed by atoms with Gasteiger partial charge in [-0.15, -0.1) is 0 Å². The second-order valence-corrected chi connectivity index (χ2v) is 3.33. The Morgan fingerprint density at radius 3 is 2.82 bits per heavy atom. The molecule has 1 aromatic carbocycles. The zero-order valence-corrected chi connectivity index (χ0v) is 9.01. The molecule has 0 atom stereocenters. The molecular formula is C11H10N2O4. The highest BCUT2D eigenvalue weighted by atomic mass is 16.5. The lowest BCUT2D eigenvalue weighted by Gasteiger charge is -2.03. The first-order valence-electron chi connectivity index (χ1n) is 4.81. The monoisotopic (exact) mass is 234 g/mol. The van der Waals surface area contributed by atoms with E-state index in [1.807, 2.05) is 0 Å². The van der Waals surface area contributed by atoms with Crippen LogP contribution in [0.3, 0.4) is 0 Å². The maximum absolute atomic E-state index is 11.7. The minimum absolute atomic E-state index is 0.298. The fourth-order valence-corrected chi connectivity index (χ4v) is 1.46. The van der Waals surface area contributed by atoms with Crippen molar-refractivity contribution in [1.29, 1.82) is 0 Å². The fraction of sp³-hybridized carbons (Fsp3) is 0.0909. The molecule has 2 N–H and O–H groups in total. The normalized spacial score (nSPS) is 10.2. The van der Waals surface area contributed by atoms with E-state index in [9.17, 15) is 9.59 Å². The summed E-state index contributed by atoms with van der Waals surface area (Å²) in [5, 5.41) is 11.4. The number of methoxy groups -OCH3 is 1. The van der Waals surface area contributed by atoms with Crippen LogP contribution in [0, 0.1) is 0 Å². The van der Waals surface area contributed by atoms with E-state index in [1.54, 1.807) is 24.3 Å². The van der Waals surface area contributed by atoms with Crippen molar-refractivity contribution < 1.29 is 14.6 Å². The number of hydrogen-bond acceptors (Lipinski definition) is 3. The Morgan fingerprint density at radius 1 is 1.47 bits per heavy atom. The molecular weight excluding hydrogens is 224 g/mol. The standard InChI is InChI=1S/C11H10N2O4/c1-17-8-4-2-3-7(5-8)13-10(14)9(6-12-13)11(15)16/h2-6,12H,1H3,(H,15,16). The second-order valence-electron chi connectivity index (χ2n) is 3.33. The molecule has 6 nitrogen and oxygen atoms in total. The Balaban J connectivity index is 2.53. The average Bonchev–Trinajstić information content (AvgIpc) is 2.71. The van der Waals surface area contributed by atoms with Gasteiger partial charge >= 0.3 is 5.97 Å². The summed E-state index contributed by atoms with van der Waals surface area (Å²) >= 11 is 0. The zero-order valence-electron chi connectivity index (χ0n) is 9.01. The highest BCUT2D eigenvalue weighted by Gasteiger charge is 2.13. The Morgan fingerprint density at radius 2 is 2.24 bits per heavy atom. The number of benzene rings is 1. The fourth-order valence-electron chi connectivity index (χ4n) is 1.46. The minimum atomic E-state index is -1.26. The lowest BCUT2D eigenvalue weighted by Crippen LogP contribution is -2.19. The van der Waals surface area contributed by atoms with Crippen molar-refractivity contribution in [3.05, 3.63) is 46.4 Å². The van der Waals surface area contributed by atoms with E-state index < -0.39 is 11.5 Å².